The van der Waals surface area contributed by atoms with Crippen molar-refractivity contribution >= 4 is 13.9 Å². The number of hydrogen-bond acceptors (Lipinski definition) is 4. The van der Waals surface area contributed by atoms with Gasteiger partial charge in [0.05, 0.1) is 0 Å². The van der Waals surface area contributed by atoms with Crippen LogP contribution in [0.15, 0.2) is 0 Å². The fraction of sp³-hybridized carbons (Fsp3) is 0. The Morgan fingerprint density at radius 2 is 1.36 bits per heavy atom. The molecule has 10 heteroatoms. The zero-order chi connectivity index (χ0) is 8.08. The van der Waals surface area contributed by atoms with E-state index in [-0.39, 0.29) is 57.5 Å². The molecule has 0 aliphatic carbocycles. The topological polar surface area (TPSA) is 185 Å². The van der Waals surface area contributed by atoms with Crippen molar-refractivity contribution < 1.29 is 75.4 Å². The van der Waals surface area contributed by atoms with Crippen molar-refractivity contribution in [2.75, 3.05) is 0 Å². The summed E-state index contributed by atoms with van der Waals surface area (Å²) in [5.74, 6) is 0. The SMILES string of the molecule is N.NC(N)=O.O=P([O-])(O)O.[K+]. The van der Waals surface area contributed by atoms with Gasteiger partial charge in [-0.15, -0.1) is 0 Å². The van der Waals surface area contributed by atoms with Crippen LogP contribution in [0.25, 0.3) is 0 Å². The van der Waals surface area contributed by atoms with Crippen LogP contribution in [-0.2, 0) is 4.57 Å². The van der Waals surface area contributed by atoms with Gasteiger partial charge in [-0.1, -0.05) is 0 Å². The van der Waals surface area contributed by atoms with Gasteiger partial charge in [-0.05, 0) is 0 Å². The summed E-state index contributed by atoms with van der Waals surface area (Å²) in [6.45, 7) is 0. The quantitative estimate of drug-likeness (QED) is 0.197. The van der Waals surface area contributed by atoms with Crippen molar-refractivity contribution in [2.45, 2.75) is 0 Å². The van der Waals surface area contributed by atoms with Gasteiger partial charge >= 0.3 is 57.4 Å². The van der Waals surface area contributed by atoms with Gasteiger partial charge in [0.25, 0.3) is 7.82 Å². The zero-order valence-corrected chi connectivity index (χ0v) is 9.95. The minimum absolute atomic E-state index is 0. The molecule has 0 aliphatic rings. The zero-order valence-electron chi connectivity index (χ0n) is 5.93. The van der Waals surface area contributed by atoms with E-state index in [1.54, 1.807) is 0 Å². The number of phosphoric acid groups is 1. The third-order valence-corrected chi connectivity index (χ3v) is 0. The van der Waals surface area contributed by atoms with Crippen molar-refractivity contribution in [1.82, 2.24) is 6.15 Å². The van der Waals surface area contributed by atoms with Gasteiger partial charge in [0.15, 0.2) is 0 Å². The molecule has 0 spiro atoms. The summed E-state index contributed by atoms with van der Waals surface area (Å²) < 4.78 is 8.77. The van der Waals surface area contributed by atoms with E-state index in [1.807, 2.05) is 0 Å². The molecule has 0 bridgehead atoms. The third-order valence-electron chi connectivity index (χ3n) is 0. The molecule has 0 fully saturated rings. The van der Waals surface area contributed by atoms with E-state index in [2.05, 4.69) is 11.5 Å². The second-order valence-electron chi connectivity index (χ2n) is 0.893. The molecule has 0 saturated heterocycles. The molecule has 11 heavy (non-hydrogen) atoms. The molecular weight excluding hydrogens is 204 g/mol. The third kappa shape index (κ3) is 928. The van der Waals surface area contributed by atoms with Gasteiger partial charge in [-0.2, -0.15) is 0 Å². The van der Waals surface area contributed by atoms with Crippen LogP contribution in [0.2, 0.25) is 0 Å². The Balaban J connectivity index is -0.0000000383. The number of carbonyl (C=O) groups excluding carboxylic acids is 1. The van der Waals surface area contributed by atoms with Gasteiger partial charge in [0, 0.05) is 0 Å². The van der Waals surface area contributed by atoms with Crippen LogP contribution in [0.3, 0.4) is 0 Å². The Morgan fingerprint density at radius 3 is 1.36 bits per heavy atom. The maximum Gasteiger partial charge on any atom is 1.00 e. The van der Waals surface area contributed by atoms with Crippen LogP contribution in [0, 0.1) is 0 Å². The largest absolute Gasteiger partial charge is 1.00 e. The van der Waals surface area contributed by atoms with Crippen molar-refractivity contribution in [3.8, 4) is 0 Å². The summed E-state index contributed by atoms with van der Waals surface area (Å²) in [7, 11) is -4.89. The van der Waals surface area contributed by atoms with Crippen molar-refractivity contribution in [1.29, 1.82) is 0 Å². The second kappa shape index (κ2) is 11.0. The smallest absolute Gasteiger partial charge is 0.756 e. The molecule has 0 aliphatic heterocycles. The number of nitrogens with two attached hydrogens (primary N) is 2. The molecule has 2 amide bonds. The molecule has 0 atom stereocenters. The van der Waals surface area contributed by atoms with Gasteiger partial charge in [0.1, 0.15) is 0 Å². The molecular formula is CH9KN3O5P. The summed E-state index contributed by atoms with van der Waals surface area (Å²) in [4.78, 5) is 31.9. The van der Waals surface area contributed by atoms with Crippen molar-refractivity contribution in [3.63, 3.8) is 0 Å². The van der Waals surface area contributed by atoms with Crippen molar-refractivity contribution in [2.24, 2.45) is 11.5 Å². The van der Waals surface area contributed by atoms with E-state index < -0.39 is 13.9 Å². The maximum atomic E-state index is 9.00. The van der Waals surface area contributed by atoms with Gasteiger partial charge in [-0.25, -0.2) is 4.79 Å². The molecule has 9 N–H and O–H groups in total. The number of hydrogen-bond donors (Lipinski definition) is 5. The van der Waals surface area contributed by atoms with E-state index in [0.29, 0.717) is 0 Å². The maximum absolute atomic E-state index is 9.00. The summed E-state index contributed by atoms with van der Waals surface area (Å²) in [6.07, 6.45) is 0. The number of carbonyl (C=O) groups is 1. The summed E-state index contributed by atoms with van der Waals surface area (Å²) in [5, 5.41) is 0. The van der Waals surface area contributed by atoms with Crippen LogP contribution in [0.1, 0.15) is 0 Å². The predicted octanol–water partition coefficient (Wildman–Crippen LogP) is -5.37. The first-order chi connectivity index (χ1) is 3.73. The number of amides is 2. The van der Waals surface area contributed by atoms with E-state index in [0.717, 1.165) is 0 Å². The molecule has 0 radical (unpaired) electrons. The minimum atomic E-state index is -4.89. The minimum Gasteiger partial charge on any atom is -0.756 e. The molecule has 0 rings (SSSR count). The Hall–Kier alpha value is 0.976. The molecule has 0 aromatic heterocycles. The monoisotopic (exact) mass is 213 g/mol. The second-order valence-corrected chi connectivity index (χ2v) is 1.87. The Bertz CT molecular complexity index is 121. The number of urea groups is 1. The predicted molar refractivity (Wildman–Crippen MR) is 30.8 cm³/mol. The van der Waals surface area contributed by atoms with Crippen molar-refractivity contribution in [3.05, 3.63) is 0 Å². The molecule has 64 valence electrons. The Kier molecular flexibility index (Phi) is 22.6. The summed E-state index contributed by atoms with van der Waals surface area (Å²) >= 11 is 0. The molecule has 0 saturated carbocycles. The Morgan fingerprint density at radius 1 is 1.36 bits per heavy atom. The first-order valence-corrected chi connectivity index (χ1v) is 3.08. The average Bonchev–Trinajstić information content (AvgIpc) is 1.19. The summed E-state index contributed by atoms with van der Waals surface area (Å²) in [6, 6.07) is -0.833. The van der Waals surface area contributed by atoms with Gasteiger partial charge in [-0.3, -0.25) is 4.57 Å². The van der Waals surface area contributed by atoms with Crippen LogP contribution in [0.5, 0.6) is 0 Å². The van der Waals surface area contributed by atoms with E-state index in [1.165, 1.54) is 0 Å². The number of primary amides is 2. The molecule has 0 heterocycles. The fourth-order valence-electron chi connectivity index (χ4n) is 0. The standard InChI is InChI=1S/CH4N2O.K.H3N.H3O4P/c2-1(3)4;;;1-5(2,3)4/h(H4,2,3,4);;1H3;(H3,1,2,3,4)/q;+1;;/p-1. The molecule has 0 aromatic carbocycles. The first-order valence-electron chi connectivity index (χ1n) is 1.55. The normalized spacial score (nSPS) is 7.55. The molecule has 0 aromatic rings. The van der Waals surface area contributed by atoms with Crippen LogP contribution in [-0.4, -0.2) is 15.8 Å². The van der Waals surface area contributed by atoms with Crippen LogP contribution in [0.4, 0.5) is 4.79 Å². The fourth-order valence-corrected chi connectivity index (χ4v) is 0. The first kappa shape index (κ1) is 22.7. The molecule has 8 nitrogen and oxygen atoms in total. The van der Waals surface area contributed by atoms with Gasteiger partial charge in [0.2, 0.25) is 0 Å². The summed E-state index contributed by atoms with van der Waals surface area (Å²) in [5.41, 5.74) is 8.50. The van der Waals surface area contributed by atoms with E-state index in [9.17, 15) is 0 Å². The Labute approximate surface area is 106 Å². The average molecular weight is 213 g/mol. The van der Waals surface area contributed by atoms with Crippen LogP contribution < -0.4 is 73.9 Å². The molecule has 0 unspecified atom stereocenters. The van der Waals surface area contributed by atoms with Crippen LogP contribution >= 0.6 is 7.82 Å². The van der Waals surface area contributed by atoms with E-state index >= 15 is 0 Å². The van der Waals surface area contributed by atoms with Gasteiger partial charge < -0.3 is 32.3 Å². The van der Waals surface area contributed by atoms with E-state index in [4.69, 9.17) is 24.0 Å². The number of rotatable bonds is 0.